The third-order valence-corrected chi connectivity index (χ3v) is 11.6. The minimum Gasteiger partial charge on any atom is -0.459 e. The van der Waals surface area contributed by atoms with Crippen LogP contribution in [0.5, 0.6) is 0 Å². The molecule has 0 spiro atoms. The van der Waals surface area contributed by atoms with Crippen molar-refractivity contribution in [1.82, 2.24) is 29.1 Å². The zero-order chi connectivity index (χ0) is 42.1. The molecule has 2 N–H and O–H groups in total. The van der Waals surface area contributed by atoms with Crippen molar-refractivity contribution in [2.45, 2.75) is 52.2 Å². The Hall–Kier alpha value is -5.07. The first-order chi connectivity index (χ1) is 27.4. The van der Waals surface area contributed by atoms with Crippen molar-refractivity contribution < 1.29 is 36.3 Å². The Bertz CT molecular complexity index is 2490. The van der Waals surface area contributed by atoms with E-state index in [1.807, 2.05) is 30.4 Å². The van der Waals surface area contributed by atoms with Crippen molar-refractivity contribution in [3.8, 4) is 11.1 Å². The number of rotatable bonds is 12. The van der Waals surface area contributed by atoms with Gasteiger partial charge in [-0.1, -0.05) is 36.2 Å². The van der Waals surface area contributed by atoms with Gasteiger partial charge in [-0.3, -0.25) is 23.7 Å². The predicted octanol–water partition coefficient (Wildman–Crippen LogP) is 6.51. The number of esters is 1. The lowest BCUT2D eigenvalue weighted by Crippen LogP contribution is -2.45. The summed E-state index contributed by atoms with van der Waals surface area (Å²) in [6.45, 7) is 8.43. The molecule has 306 valence electrons. The molecule has 1 fully saturated rings. The van der Waals surface area contributed by atoms with E-state index in [9.17, 15) is 22.8 Å². The van der Waals surface area contributed by atoms with Gasteiger partial charge >= 0.3 is 16.2 Å². The minimum absolute atomic E-state index is 0.0106. The normalized spacial score (nSPS) is 13.9. The molecule has 1 saturated heterocycles. The van der Waals surface area contributed by atoms with Crippen LogP contribution in [0.15, 0.2) is 61.2 Å². The van der Waals surface area contributed by atoms with Crippen LogP contribution in [0.4, 0.5) is 20.4 Å². The molecule has 19 heteroatoms. The van der Waals surface area contributed by atoms with Crippen molar-refractivity contribution >= 4 is 73.7 Å². The van der Waals surface area contributed by atoms with Gasteiger partial charge in [-0.2, -0.15) is 12.7 Å². The van der Waals surface area contributed by atoms with Gasteiger partial charge in [0.25, 0.3) is 5.91 Å². The highest BCUT2D eigenvalue weighted by Crippen LogP contribution is 2.33. The lowest BCUT2D eigenvalue weighted by atomic mass is 10.0. The summed E-state index contributed by atoms with van der Waals surface area (Å²) in [7, 11) is -2.99. The molecule has 5 aromatic rings. The highest BCUT2D eigenvalue weighted by atomic mass is 35.5. The van der Waals surface area contributed by atoms with Crippen molar-refractivity contribution in [1.29, 1.82) is 0 Å². The second-order valence-electron chi connectivity index (χ2n) is 14.5. The SMILES string of the molecule is CCN(C)S(=O)(=O)Nc1ccc(F)c(C(=O)c2cn(C(=O)c3c(Cl)cccc3Cl)c3ncc(-c4cnc(N5CCC(NCC(=O)OC(C)(C)C)CC5)nc4)cc23)c1F. The summed E-state index contributed by atoms with van der Waals surface area (Å²) in [6, 6.07) is 7.69. The van der Waals surface area contributed by atoms with Gasteiger partial charge in [0.05, 0.1) is 39.0 Å². The topological polar surface area (TPSA) is 169 Å². The lowest BCUT2D eigenvalue weighted by molar-refractivity contribution is -0.153. The highest BCUT2D eigenvalue weighted by molar-refractivity contribution is 7.90. The number of ether oxygens (including phenoxy) is 1. The highest BCUT2D eigenvalue weighted by Gasteiger charge is 2.30. The Morgan fingerprint density at radius 2 is 1.60 bits per heavy atom. The van der Waals surface area contributed by atoms with Gasteiger partial charge in [-0.15, -0.1) is 0 Å². The second-order valence-corrected chi connectivity index (χ2v) is 17.1. The summed E-state index contributed by atoms with van der Waals surface area (Å²) >= 11 is 12.7. The largest absolute Gasteiger partial charge is 0.459 e. The van der Waals surface area contributed by atoms with Crippen LogP contribution < -0.4 is 14.9 Å². The molecular weight excluding hydrogens is 817 g/mol. The van der Waals surface area contributed by atoms with Crippen LogP contribution >= 0.6 is 23.2 Å². The molecule has 0 amide bonds. The smallest absolute Gasteiger partial charge is 0.320 e. The van der Waals surface area contributed by atoms with E-state index in [-0.39, 0.29) is 57.3 Å². The number of carbonyl (C=O) groups is 3. The van der Waals surface area contributed by atoms with E-state index in [1.54, 1.807) is 25.4 Å². The van der Waals surface area contributed by atoms with Crippen LogP contribution in [-0.2, 0) is 19.7 Å². The van der Waals surface area contributed by atoms with E-state index in [1.165, 1.54) is 31.4 Å². The first-order valence-corrected chi connectivity index (χ1v) is 20.4. The maximum atomic E-state index is 16.0. The Morgan fingerprint density at radius 1 is 0.966 bits per heavy atom. The van der Waals surface area contributed by atoms with Crippen LogP contribution in [0.2, 0.25) is 10.0 Å². The number of hydrogen-bond acceptors (Lipinski definition) is 11. The van der Waals surface area contributed by atoms with Crippen molar-refractivity contribution in [3.05, 3.63) is 99.6 Å². The number of anilines is 2. The van der Waals surface area contributed by atoms with Gasteiger partial charge in [-0.05, 0) is 63.9 Å². The molecule has 4 heterocycles. The Morgan fingerprint density at radius 3 is 2.22 bits per heavy atom. The molecule has 6 rings (SSSR count). The van der Waals surface area contributed by atoms with Crippen LogP contribution in [-0.4, -0.2) is 94.8 Å². The Labute approximate surface area is 343 Å². The van der Waals surface area contributed by atoms with Crippen LogP contribution in [0.25, 0.3) is 22.2 Å². The molecule has 0 saturated carbocycles. The number of benzene rings is 2. The van der Waals surface area contributed by atoms with E-state index in [2.05, 4.69) is 20.3 Å². The predicted molar refractivity (Wildman–Crippen MR) is 217 cm³/mol. The van der Waals surface area contributed by atoms with Gasteiger partial charge in [0.2, 0.25) is 11.7 Å². The summed E-state index contributed by atoms with van der Waals surface area (Å²) < 4.78 is 66.2. The molecular formula is C39H40Cl2F2N8O6S. The molecule has 2 aromatic carbocycles. The molecule has 0 bridgehead atoms. The molecule has 58 heavy (non-hydrogen) atoms. The molecule has 14 nitrogen and oxygen atoms in total. The molecule has 1 aliphatic heterocycles. The Kier molecular flexibility index (Phi) is 12.5. The van der Waals surface area contributed by atoms with Gasteiger partial charge in [0.1, 0.15) is 17.1 Å². The van der Waals surface area contributed by atoms with Gasteiger partial charge < -0.3 is 15.0 Å². The van der Waals surface area contributed by atoms with Crippen LogP contribution in [0, 0.1) is 11.6 Å². The number of nitrogens with zero attached hydrogens (tertiary/aromatic N) is 6. The van der Waals surface area contributed by atoms with Crippen LogP contribution in [0.3, 0.4) is 0 Å². The standard InChI is InChI=1S/C39H40Cl2F2N8O6S/c1-6-49(5)58(55,56)48-30-11-10-29(42)33(34(30)43)35(53)26-21-51(37(54)32-27(40)8-7-9-28(32)41)36-25(26)16-22(17-45-36)23-18-46-38(47-19-23)50-14-12-24(13-15-50)44-20-31(52)57-39(2,3)4/h7-11,16-19,21,24,44,48H,6,12-15,20H2,1-5H3. The number of pyridine rings is 1. The van der Waals surface area contributed by atoms with E-state index in [0.717, 1.165) is 40.0 Å². The third kappa shape index (κ3) is 9.13. The Balaban J connectivity index is 1.32. The van der Waals surface area contributed by atoms with Gasteiger partial charge in [0, 0.05) is 74.0 Å². The van der Waals surface area contributed by atoms with Gasteiger partial charge in [0.15, 0.2) is 5.82 Å². The summed E-state index contributed by atoms with van der Waals surface area (Å²) in [6.07, 6.45) is 7.12. The first-order valence-electron chi connectivity index (χ1n) is 18.2. The van der Waals surface area contributed by atoms with E-state index < -0.39 is 50.4 Å². The number of fused-ring (bicyclic) bond motifs is 1. The van der Waals surface area contributed by atoms with E-state index in [0.29, 0.717) is 30.2 Å². The average Bonchev–Trinajstić information content (AvgIpc) is 3.56. The maximum Gasteiger partial charge on any atom is 0.320 e. The quantitative estimate of drug-likeness (QED) is 0.104. The van der Waals surface area contributed by atoms with Crippen molar-refractivity contribution in [3.63, 3.8) is 0 Å². The van der Waals surface area contributed by atoms with Crippen molar-refractivity contribution in [2.75, 3.05) is 42.8 Å². The first kappa shape index (κ1) is 42.5. The number of carbonyl (C=O) groups excluding carboxylic acids is 3. The lowest BCUT2D eigenvalue weighted by Gasteiger charge is -2.32. The fourth-order valence-corrected chi connectivity index (χ4v) is 7.80. The van der Waals surface area contributed by atoms with E-state index >= 15 is 8.78 Å². The molecule has 0 aliphatic carbocycles. The van der Waals surface area contributed by atoms with Crippen LogP contribution in [0.1, 0.15) is 66.8 Å². The number of aromatic nitrogens is 4. The third-order valence-electron chi connectivity index (χ3n) is 9.40. The molecule has 0 radical (unpaired) electrons. The monoisotopic (exact) mass is 856 g/mol. The zero-order valence-corrected chi connectivity index (χ0v) is 34.5. The number of halogens is 4. The number of piperidine rings is 1. The van der Waals surface area contributed by atoms with E-state index in [4.69, 9.17) is 27.9 Å². The molecule has 1 aliphatic rings. The zero-order valence-electron chi connectivity index (χ0n) is 32.1. The summed E-state index contributed by atoms with van der Waals surface area (Å²) in [5.41, 5.74) is -1.90. The molecule has 0 unspecified atom stereocenters. The molecule has 0 atom stereocenters. The van der Waals surface area contributed by atoms with Gasteiger partial charge in [-0.25, -0.2) is 23.7 Å². The maximum absolute atomic E-state index is 16.0. The summed E-state index contributed by atoms with van der Waals surface area (Å²) in [4.78, 5) is 55.9. The van der Waals surface area contributed by atoms with Crippen molar-refractivity contribution in [2.24, 2.45) is 0 Å². The average molecular weight is 858 g/mol. The summed E-state index contributed by atoms with van der Waals surface area (Å²) in [5, 5.41) is 3.30. The number of nitrogens with one attached hydrogen (secondary N) is 2. The number of ketones is 1. The number of hydrogen-bond donors (Lipinski definition) is 2. The second kappa shape index (κ2) is 17.0. The fourth-order valence-electron chi connectivity index (χ4n) is 6.31. The minimum atomic E-state index is -4.25. The molecule has 3 aromatic heterocycles. The fraction of sp³-hybridized carbons (Fsp3) is 0.333. The summed E-state index contributed by atoms with van der Waals surface area (Å²) in [5.74, 6) is -4.56.